The summed E-state index contributed by atoms with van der Waals surface area (Å²) in [6.07, 6.45) is 6.04. The highest BCUT2D eigenvalue weighted by atomic mass is 16.5. The van der Waals surface area contributed by atoms with Gasteiger partial charge in [-0.25, -0.2) is 4.79 Å². The Hall–Kier alpha value is -0.610. The first-order valence-electron chi connectivity index (χ1n) is 7.13. The number of ether oxygens (including phenoxy) is 2. The molecule has 18 heavy (non-hydrogen) atoms. The average Bonchev–Trinajstić information content (AvgIpc) is 2.38. The predicted molar refractivity (Wildman–Crippen MR) is 69.7 cm³/mol. The fraction of sp³-hybridized carbons (Fsp3) is 0.929. The summed E-state index contributed by atoms with van der Waals surface area (Å²) in [7, 11) is 0. The van der Waals surface area contributed by atoms with Crippen molar-refractivity contribution in [2.24, 2.45) is 5.92 Å². The van der Waals surface area contributed by atoms with Crippen molar-refractivity contribution >= 4 is 5.97 Å². The molecule has 3 atom stereocenters. The summed E-state index contributed by atoms with van der Waals surface area (Å²) >= 11 is 0. The Morgan fingerprint density at radius 1 is 1.39 bits per heavy atom. The van der Waals surface area contributed by atoms with Crippen molar-refractivity contribution in [1.29, 1.82) is 0 Å². The Bertz CT molecular complexity index is 242. The van der Waals surface area contributed by atoms with Gasteiger partial charge >= 0.3 is 5.97 Å². The minimum Gasteiger partial charge on any atom is -0.479 e. The molecule has 0 amide bonds. The molecule has 0 aromatic carbocycles. The summed E-state index contributed by atoms with van der Waals surface area (Å²) < 4.78 is 11.0. The van der Waals surface area contributed by atoms with Crippen molar-refractivity contribution in [3.8, 4) is 0 Å². The maximum Gasteiger partial charge on any atom is 0.332 e. The van der Waals surface area contributed by atoms with Gasteiger partial charge in [0.2, 0.25) is 0 Å². The first-order chi connectivity index (χ1) is 8.67. The summed E-state index contributed by atoms with van der Waals surface area (Å²) in [6.45, 7) is 4.95. The molecule has 0 radical (unpaired) electrons. The molecule has 1 aliphatic carbocycles. The fourth-order valence-electron chi connectivity index (χ4n) is 2.58. The van der Waals surface area contributed by atoms with Gasteiger partial charge in [-0.3, -0.25) is 0 Å². The lowest BCUT2D eigenvalue weighted by Gasteiger charge is -2.28. The predicted octanol–water partition coefficient (Wildman–Crippen LogP) is 2.85. The smallest absolute Gasteiger partial charge is 0.332 e. The minimum atomic E-state index is -0.893. The van der Waals surface area contributed by atoms with Crippen molar-refractivity contribution < 1.29 is 19.4 Å². The van der Waals surface area contributed by atoms with Crippen LogP contribution < -0.4 is 0 Å². The van der Waals surface area contributed by atoms with Crippen molar-refractivity contribution in [2.45, 2.75) is 64.6 Å². The van der Waals surface area contributed by atoms with Gasteiger partial charge in [0, 0.05) is 19.6 Å². The van der Waals surface area contributed by atoms with Crippen LogP contribution in [0.3, 0.4) is 0 Å². The number of hydrogen-bond acceptors (Lipinski definition) is 3. The summed E-state index contributed by atoms with van der Waals surface area (Å²) in [5.74, 6) is -0.110. The van der Waals surface area contributed by atoms with Crippen LogP contribution in [0.5, 0.6) is 0 Å². The van der Waals surface area contributed by atoms with Crippen molar-refractivity contribution in [3.63, 3.8) is 0 Å². The van der Waals surface area contributed by atoms with Gasteiger partial charge in [0.25, 0.3) is 0 Å². The molecule has 0 aromatic heterocycles. The molecule has 1 N–H and O–H groups in total. The second-order valence-corrected chi connectivity index (χ2v) is 5.00. The van der Waals surface area contributed by atoms with Crippen LogP contribution in [-0.4, -0.2) is 36.5 Å². The second kappa shape index (κ2) is 8.48. The highest BCUT2D eigenvalue weighted by Crippen LogP contribution is 2.28. The van der Waals surface area contributed by atoms with Gasteiger partial charge in [-0.2, -0.15) is 0 Å². The van der Waals surface area contributed by atoms with Gasteiger partial charge < -0.3 is 14.6 Å². The highest BCUT2D eigenvalue weighted by Gasteiger charge is 2.22. The number of rotatable bonds is 8. The monoisotopic (exact) mass is 258 g/mol. The minimum absolute atomic E-state index is 0.319. The van der Waals surface area contributed by atoms with E-state index >= 15 is 0 Å². The zero-order valence-corrected chi connectivity index (χ0v) is 11.6. The molecule has 1 rings (SSSR count). The van der Waals surface area contributed by atoms with Crippen molar-refractivity contribution in [1.82, 2.24) is 0 Å². The Balaban J connectivity index is 2.21. The Morgan fingerprint density at radius 2 is 2.17 bits per heavy atom. The third-order valence-electron chi connectivity index (χ3n) is 3.69. The molecule has 4 nitrogen and oxygen atoms in total. The molecule has 1 fully saturated rings. The molecule has 1 saturated carbocycles. The van der Waals surface area contributed by atoms with E-state index in [9.17, 15) is 4.79 Å². The molecule has 0 saturated heterocycles. The van der Waals surface area contributed by atoms with Gasteiger partial charge in [-0.05, 0) is 25.7 Å². The van der Waals surface area contributed by atoms with Crippen LogP contribution in [0.25, 0.3) is 0 Å². The van der Waals surface area contributed by atoms with E-state index in [1.807, 2.05) is 6.92 Å². The lowest BCUT2D eigenvalue weighted by atomic mass is 9.85. The Labute approximate surface area is 110 Å². The molecule has 3 unspecified atom stereocenters. The van der Waals surface area contributed by atoms with Crippen LogP contribution in [0.4, 0.5) is 0 Å². The summed E-state index contributed by atoms with van der Waals surface area (Å²) in [5.41, 5.74) is 0. The zero-order chi connectivity index (χ0) is 13.4. The molecule has 0 aliphatic heterocycles. The fourth-order valence-corrected chi connectivity index (χ4v) is 2.58. The second-order valence-electron chi connectivity index (χ2n) is 5.00. The van der Waals surface area contributed by atoms with Crippen LogP contribution in [0.15, 0.2) is 0 Å². The third kappa shape index (κ3) is 5.36. The van der Waals surface area contributed by atoms with E-state index in [1.54, 1.807) is 0 Å². The number of carboxylic acids is 1. The Morgan fingerprint density at radius 3 is 2.78 bits per heavy atom. The van der Waals surface area contributed by atoms with E-state index < -0.39 is 12.1 Å². The molecule has 106 valence electrons. The van der Waals surface area contributed by atoms with E-state index in [4.69, 9.17) is 14.6 Å². The molecule has 0 spiro atoms. The highest BCUT2D eigenvalue weighted by molar-refractivity contribution is 5.72. The molecule has 1 aliphatic rings. The summed E-state index contributed by atoms with van der Waals surface area (Å²) in [5, 5.41) is 8.94. The first-order valence-corrected chi connectivity index (χ1v) is 7.13. The quantitative estimate of drug-likeness (QED) is 0.727. The largest absolute Gasteiger partial charge is 0.479 e. The normalized spacial score (nSPS) is 25.9. The number of hydrogen-bond donors (Lipinski definition) is 1. The Kier molecular flexibility index (Phi) is 7.28. The van der Waals surface area contributed by atoms with Crippen LogP contribution in [0.2, 0.25) is 0 Å². The third-order valence-corrected chi connectivity index (χ3v) is 3.69. The van der Waals surface area contributed by atoms with Gasteiger partial charge in [0.1, 0.15) is 0 Å². The lowest BCUT2D eigenvalue weighted by Crippen LogP contribution is -2.28. The standard InChI is InChI=1S/C14H26O4/c1-3-11-6-5-7-12(10-11)18-9-8-13(14(15)16)17-4-2/h11-13H,3-10H2,1-2H3,(H,15,16). The molecular weight excluding hydrogens is 232 g/mol. The maximum absolute atomic E-state index is 10.9. The first kappa shape index (κ1) is 15.4. The van der Waals surface area contributed by atoms with Crippen molar-refractivity contribution in [2.75, 3.05) is 13.2 Å². The molecule has 4 heteroatoms. The van der Waals surface area contributed by atoms with Gasteiger partial charge in [0.15, 0.2) is 6.10 Å². The van der Waals surface area contributed by atoms with Gasteiger partial charge in [-0.1, -0.05) is 26.2 Å². The van der Waals surface area contributed by atoms with E-state index in [0.29, 0.717) is 25.7 Å². The summed E-state index contributed by atoms with van der Waals surface area (Å²) in [4.78, 5) is 10.9. The molecule has 0 heterocycles. The molecular formula is C14H26O4. The summed E-state index contributed by atoms with van der Waals surface area (Å²) in [6, 6.07) is 0. The van der Waals surface area contributed by atoms with Crippen LogP contribution >= 0.6 is 0 Å². The maximum atomic E-state index is 10.9. The van der Waals surface area contributed by atoms with Crippen LogP contribution in [0.1, 0.15) is 52.4 Å². The van der Waals surface area contributed by atoms with E-state index in [0.717, 1.165) is 18.8 Å². The van der Waals surface area contributed by atoms with E-state index in [1.165, 1.54) is 19.3 Å². The molecule has 0 bridgehead atoms. The SMILES string of the molecule is CCOC(CCOC1CCCC(CC)C1)C(=O)O. The topological polar surface area (TPSA) is 55.8 Å². The molecule has 0 aromatic rings. The van der Waals surface area contributed by atoms with Crippen molar-refractivity contribution in [3.05, 3.63) is 0 Å². The zero-order valence-electron chi connectivity index (χ0n) is 11.6. The van der Waals surface area contributed by atoms with Crippen LogP contribution in [0, 0.1) is 5.92 Å². The van der Waals surface area contributed by atoms with E-state index in [-0.39, 0.29) is 0 Å². The van der Waals surface area contributed by atoms with Crippen LogP contribution in [-0.2, 0) is 14.3 Å². The van der Waals surface area contributed by atoms with Gasteiger partial charge in [0.05, 0.1) is 6.10 Å². The number of aliphatic carboxylic acids is 1. The number of carboxylic acid groups (broad SMARTS) is 1. The average molecular weight is 258 g/mol. The van der Waals surface area contributed by atoms with E-state index in [2.05, 4.69) is 6.92 Å². The van der Waals surface area contributed by atoms with Gasteiger partial charge in [-0.15, -0.1) is 0 Å². The lowest BCUT2D eigenvalue weighted by molar-refractivity contribution is -0.151. The number of carbonyl (C=O) groups is 1.